The molecule has 35 heavy (non-hydrogen) atoms. The van der Waals surface area contributed by atoms with Gasteiger partial charge in [-0.25, -0.2) is 13.4 Å². The number of halogens is 1. The minimum atomic E-state index is -2.78. The van der Waals surface area contributed by atoms with Crippen LogP contribution in [0.15, 0.2) is 24.4 Å². The van der Waals surface area contributed by atoms with Crippen molar-refractivity contribution in [3.8, 4) is 0 Å². The van der Waals surface area contributed by atoms with Crippen molar-refractivity contribution in [3.63, 3.8) is 0 Å². The highest BCUT2D eigenvalue weighted by molar-refractivity contribution is 7.92. The van der Waals surface area contributed by atoms with Gasteiger partial charge in [-0.2, -0.15) is 10.1 Å². The molecule has 2 aliphatic heterocycles. The first-order chi connectivity index (χ1) is 16.7. The highest BCUT2D eigenvalue weighted by Gasteiger charge is 2.39. The van der Waals surface area contributed by atoms with Gasteiger partial charge in [-0.15, -0.1) is 0 Å². The number of aryl methyl sites for hydroxylation is 3. The van der Waals surface area contributed by atoms with Crippen LogP contribution in [-0.4, -0.2) is 64.1 Å². The molecule has 0 radical (unpaired) electrons. The fourth-order valence-electron chi connectivity index (χ4n) is 4.98. The average molecular weight is 516 g/mol. The quantitative estimate of drug-likeness (QED) is 0.446. The van der Waals surface area contributed by atoms with Gasteiger partial charge >= 0.3 is 0 Å². The van der Waals surface area contributed by atoms with Gasteiger partial charge in [-0.3, -0.25) is 10.00 Å². The molecule has 9 nitrogen and oxygen atoms in total. The molecule has 0 atom stereocenters. The van der Waals surface area contributed by atoms with Gasteiger partial charge in [-0.1, -0.05) is 17.7 Å². The molecule has 3 aromatic rings. The van der Waals surface area contributed by atoms with E-state index in [0.717, 1.165) is 42.9 Å². The maximum Gasteiger partial charge on any atom is 0.229 e. The molecule has 2 aliphatic rings. The van der Waals surface area contributed by atoms with Crippen molar-refractivity contribution < 1.29 is 8.42 Å². The van der Waals surface area contributed by atoms with Crippen LogP contribution in [0.4, 0.5) is 23.3 Å². The van der Waals surface area contributed by atoms with E-state index in [0.29, 0.717) is 40.0 Å². The lowest BCUT2D eigenvalue weighted by Crippen LogP contribution is -2.55. The van der Waals surface area contributed by atoms with Gasteiger partial charge in [-0.05, 0) is 75.4 Å². The van der Waals surface area contributed by atoms with Crippen LogP contribution in [-0.2, 0) is 9.84 Å². The third kappa shape index (κ3) is 5.29. The zero-order valence-electron chi connectivity index (χ0n) is 20.1. The fraction of sp³-hybridized carbons (Fsp3) is 0.458. The van der Waals surface area contributed by atoms with E-state index >= 15 is 0 Å². The summed E-state index contributed by atoms with van der Waals surface area (Å²) in [5, 5.41) is 13.9. The summed E-state index contributed by atoms with van der Waals surface area (Å²) in [4.78, 5) is 11.2. The van der Waals surface area contributed by atoms with Gasteiger partial charge < -0.3 is 10.6 Å². The average Bonchev–Trinajstić information content (AvgIpc) is 3.21. The zero-order valence-corrected chi connectivity index (χ0v) is 21.7. The number of aromatic nitrogens is 4. The number of hydrogen-bond donors (Lipinski definition) is 3. The van der Waals surface area contributed by atoms with Crippen LogP contribution in [0.3, 0.4) is 0 Å². The van der Waals surface area contributed by atoms with Crippen LogP contribution in [0.5, 0.6) is 0 Å². The lowest BCUT2D eigenvalue weighted by Gasteiger charge is -2.41. The Morgan fingerprint density at radius 2 is 1.80 bits per heavy atom. The lowest BCUT2D eigenvalue weighted by molar-refractivity contribution is 0.166. The van der Waals surface area contributed by atoms with Crippen molar-refractivity contribution in [2.24, 2.45) is 0 Å². The number of nitrogens with zero attached hydrogens (tertiary/aromatic N) is 4. The molecule has 11 heteroatoms. The number of aromatic amines is 1. The number of nitrogens with one attached hydrogen (secondary N) is 3. The predicted molar refractivity (Wildman–Crippen MR) is 139 cm³/mol. The minimum absolute atomic E-state index is 0.214. The Hall–Kier alpha value is -2.69. The van der Waals surface area contributed by atoms with E-state index in [1.165, 1.54) is 11.1 Å². The Balaban J connectivity index is 1.27. The van der Waals surface area contributed by atoms with Gasteiger partial charge in [0.05, 0.1) is 17.7 Å². The van der Waals surface area contributed by atoms with Crippen LogP contribution >= 0.6 is 11.6 Å². The standard InChI is InChI=1S/C24H30ClN7O2S/c1-14-9-21(27-24-26-11-20(25)23(29-24)28-22-10-16(3)30-31-22)15(2)8-19(14)17-4-6-32(7-5-17)18-12-35(33,34)13-18/h8-11,17-18H,4-7,12-13H2,1-3H3,(H3,26,27,28,29,30,31). The van der Waals surface area contributed by atoms with E-state index in [-0.39, 0.29) is 6.04 Å². The van der Waals surface area contributed by atoms with Crippen LogP contribution in [0.2, 0.25) is 5.02 Å². The molecule has 0 aliphatic carbocycles. The summed E-state index contributed by atoms with van der Waals surface area (Å²) in [6, 6.07) is 6.49. The molecular formula is C24H30ClN7O2S. The zero-order chi connectivity index (χ0) is 24.7. The monoisotopic (exact) mass is 515 g/mol. The van der Waals surface area contributed by atoms with E-state index in [2.05, 4.69) is 61.7 Å². The number of hydrogen-bond acceptors (Lipinski definition) is 8. The highest BCUT2D eigenvalue weighted by Crippen LogP contribution is 2.35. The number of piperidine rings is 1. The van der Waals surface area contributed by atoms with Crippen molar-refractivity contribution in [2.75, 3.05) is 35.2 Å². The Bertz CT molecular complexity index is 1340. The molecule has 1 aromatic carbocycles. The summed E-state index contributed by atoms with van der Waals surface area (Å²) in [6.07, 6.45) is 3.66. The van der Waals surface area contributed by atoms with Crippen molar-refractivity contribution in [2.45, 2.75) is 45.6 Å². The van der Waals surface area contributed by atoms with Gasteiger partial charge in [0.1, 0.15) is 5.02 Å². The topological polar surface area (TPSA) is 116 Å². The normalized spacial score (nSPS) is 18.9. The third-order valence-electron chi connectivity index (χ3n) is 6.93. The Morgan fingerprint density at radius 1 is 1.06 bits per heavy atom. The maximum absolute atomic E-state index is 11.5. The molecule has 2 fully saturated rings. The first-order valence-electron chi connectivity index (χ1n) is 11.8. The molecular weight excluding hydrogens is 486 g/mol. The molecule has 3 N–H and O–H groups in total. The molecule has 0 amide bonds. The van der Waals surface area contributed by atoms with Gasteiger partial charge in [0.2, 0.25) is 5.95 Å². The largest absolute Gasteiger partial charge is 0.324 e. The summed E-state index contributed by atoms with van der Waals surface area (Å²) >= 11 is 6.29. The molecule has 0 spiro atoms. The first kappa shape index (κ1) is 24.0. The molecule has 0 bridgehead atoms. The predicted octanol–water partition coefficient (Wildman–Crippen LogP) is 4.24. The van der Waals surface area contributed by atoms with Crippen LogP contribution in [0.1, 0.15) is 41.1 Å². The van der Waals surface area contributed by atoms with E-state index in [4.69, 9.17) is 11.6 Å². The lowest BCUT2D eigenvalue weighted by atomic mass is 9.85. The third-order valence-corrected chi connectivity index (χ3v) is 9.00. The molecule has 4 heterocycles. The highest BCUT2D eigenvalue weighted by atomic mass is 35.5. The van der Waals surface area contributed by atoms with Gasteiger partial charge in [0.25, 0.3) is 0 Å². The Labute approximate surface area is 210 Å². The molecule has 2 aromatic heterocycles. The SMILES string of the molecule is Cc1cc(Nc2nc(Nc3cc(C)c(C4CCN(C5CS(=O)(=O)C5)CC4)cc3C)ncc2Cl)n[nH]1. The number of H-pyrrole nitrogens is 1. The van der Waals surface area contributed by atoms with Gasteiger partial charge in [0, 0.05) is 23.5 Å². The molecule has 5 rings (SSSR count). The number of benzene rings is 1. The van der Waals surface area contributed by atoms with Crippen molar-refractivity contribution in [1.82, 2.24) is 25.1 Å². The second-order valence-corrected chi connectivity index (χ2v) is 12.2. The number of anilines is 4. The summed E-state index contributed by atoms with van der Waals surface area (Å²) < 4.78 is 23.1. The molecule has 186 valence electrons. The van der Waals surface area contributed by atoms with E-state index in [9.17, 15) is 8.42 Å². The van der Waals surface area contributed by atoms with Crippen molar-refractivity contribution in [1.29, 1.82) is 0 Å². The Kier molecular flexibility index (Phi) is 6.45. The van der Waals surface area contributed by atoms with Crippen molar-refractivity contribution >= 4 is 44.7 Å². The Morgan fingerprint density at radius 3 is 2.46 bits per heavy atom. The number of likely N-dealkylation sites (tertiary alicyclic amines) is 1. The van der Waals surface area contributed by atoms with Gasteiger partial charge in [0.15, 0.2) is 21.5 Å². The molecule has 0 saturated carbocycles. The summed E-state index contributed by atoms with van der Waals surface area (Å²) in [7, 11) is -2.78. The van der Waals surface area contributed by atoms with Crippen LogP contribution in [0, 0.1) is 20.8 Å². The molecule has 2 saturated heterocycles. The van der Waals surface area contributed by atoms with E-state index < -0.39 is 9.84 Å². The second-order valence-electron chi connectivity index (χ2n) is 9.64. The smallest absolute Gasteiger partial charge is 0.229 e. The summed E-state index contributed by atoms with van der Waals surface area (Å²) in [5.41, 5.74) is 5.59. The first-order valence-corrected chi connectivity index (χ1v) is 14.0. The van der Waals surface area contributed by atoms with E-state index in [1.807, 2.05) is 13.0 Å². The van der Waals surface area contributed by atoms with E-state index in [1.54, 1.807) is 6.20 Å². The number of rotatable bonds is 6. The van der Waals surface area contributed by atoms with Crippen LogP contribution < -0.4 is 10.6 Å². The maximum atomic E-state index is 11.5. The second kappa shape index (κ2) is 9.40. The summed E-state index contributed by atoms with van der Waals surface area (Å²) in [5.74, 6) is 2.69. The van der Waals surface area contributed by atoms with Crippen molar-refractivity contribution in [3.05, 3.63) is 51.8 Å². The molecule has 0 unspecified atom stereocenters. The summed E-state index contributed by atoms with van der Waals surface area (Å²) in [6.45, 7) is 8.05. The minimum Gasteiger partial charge on any atom is -0.324 e. The fourth-order valence-corrected chi connectivity index (χ4v) is 6.61. The van der Waals surface area contributed by atoms with Crippen LogP contribution in [0.25, 0.3) is 0 Å². The number of sulfone groups is 1.